The molecule has 0 bridgehead atoms. The molecule has 0 N–H and O–H groups in total. The minimum absolute atomic E-state index is 0.0882. The number of methoxy groups -OCH3 is 1. The summed E-state index contributed by atoms with van der Waals surface area (Å²) in [5.74, 6) is -0.00398. The zero-order chi connectivity index (χ0) is 15.5. The Labute approximate surface area is 122 Å². The number of esters is 1. The summed E-state index contributed by atoms with van der Waals surface area (Å²) < 4.78 is 37.8. The van der Waals surface area contributed by atoms with E-state index in [2.05, 4.69) is 4.74 Å². The van der Waals surface area contributed by atoms with Crippen molar-refractivity contribution in [3.63, 3.8) is 0 Å². The maximum absolute atomic E-state index is 11.4. The van der Waals surface area contributed by atoms with Gasteiger partial charge in [-0.15, -0.1) is 0 Å². The van der Waals surface area contributed by atoms with Crippen LogP contribution in [0, 0.1) is 0 Å². The number of ether oxygens (including phenoxy) is 2. The number of benzene rings is 1. The van der Waals surface area contributed by atoms with Crippen LogP contribution in [0.3, 0.4) is 0 Å². The van der Waals surface area contributed by atoms with Crippen LogP contribution in [0.4, 0.5) is 0 Å². The van der Waals surface area contributed by atoms with Gasteiger partial charge in [0.1, 0.15) is 12.4 Å². The molecule has 0 saturated heterocycles. The molecule has 7 heteroatoms. The van der Waals surface area contributed by atoms with E-state index in [9.17, 15) is 13.2 Å². The summed E-state index contributed by atoms with van der Waals surface area (Å²) in [7, 11) is -1.97. The number of rotatable bonds is 5. The molecular weight excluding hydrogens is 296 g/mol. The number of sulfone groups is 1. The third-order valence-electron chi connectivity index (χ3n) is 2.76. The van der Waals surface area contributed by atoms with Crippen LogP contribution in [0.1, 0.15) is 16.1 Å². The maximum atomic E-state index is 11.4. The van der Waals surface area contributed by atoms with Gasteiger partial charge in [0.15, 0.2) is 9.84 Å². The van der Waals surface area contributed by atoms with E-state index in [1.54, 1.807) is 18.2 Å². The lowest BCUT2D eigenvalue weighted by Gasteiger charge is -2.06. The summed E-state index contributed by atoms with van der Waals surface area (Å²) in [6.07, 6.45) is 2.51. The summed E-state index contributed by atoms with van der Waals surface area (Å²) in [5, 5.41) is 0. The van der Waals surface area contributed by atoms with E-state index in [1.165, 1.54) is 25.5 Å². The van der Waals surface area contributed by atoms with Gasteiger partial charge in [-0.1, -0.05) is 0 Å². The van der Waals surface area contributed by atoms with Crippen molar-refractivity contribution in [2.45, 2.75) is 11.5 Å². The summed E-state index contributed by atoms with van der Waals surface area (Å²) in [6, 6.07) is 7.63. The molecule has 0 aliphatic rings. The van der Waals surface area contributed by atoms with Gasteiger partial charge in [-0.2, -0.15) is 0 Å². The van der Waals surface area contributed by atoms with Gasteiger partial charge >= 0.3 is 5.97 Å². The highest BCUT2D eigenvalue weighted by Crippen LogP contribution is 2.19. The third kappa shape index (κ3) is 3.63. The first-order valence-corrected chi connectivity index (χ1v) is 7.88. The molecule has 0 amide bonds. The minimum atomic E-state index is -3.23. The van der Waals surface area contributed by atoms with Gasteiger partial charge in [0.25, 0.3) is 0 Å². The smallest absolute Gasteiger partial charge is 0.374 e. The highest BCUT2D eigenvalue weighted by Gasteiger charge is 2.16. The van der Waals surface area contributed by atoms with E-state index >= 15 is 0 Å². The molecule has 1 aromatic carbocycles. The first-order valence-electron chi connectivity index (χ1n) is 5.99. The summed E-state index contributed by atoms with van der Waals surface area (Å²) >= 11 is 0. The second-order valence-electron chi connectivity index (χ2n) is 4.30. The van der Waals surface area contributed by atoms with Crippen molar-refractivity contribution < 1.29 is 27.1 Å². The lowest BCUT2D eigenvalue weighted by Crippen LogP contribution is -2.05. The predicted molar refractivity (Wildman–Crippen MR) is 73.9 cm³/mol. The quantitative estimate of drug-likeness (QED) is 0.786. The van der Waals surface area contributed by atoms with Gasteiger partial charge in [-0.25, -0.2) is 13.2 Å². The molecule has 0 fully saturated rings. The molecule has 0 unspecified atom stereocenters. The Morgan fingerprint density at radius 2 is 1.86 bits per heavy atom. The molecule has 0 aliphatic carbocycles. The molecule has 1 aromatic heterocycles. The summed E-state index contributed by atoms with van der Waals surface area (Å²) in [6.45, 7) is 0.110. The van der Waals surface area contributed by atoms with Gasteiger partial charge in [0, 0.05) is 11.8 Å². The first-order chi connectivity index (χ1) is 9.91. The van der Waals surface area contributed by atoms with E-state index in [0.717, 1.165) is 6.26 Å². The second-order valence-corrected chi connectivity index (χ2v) is 6.31. The van der Waals surface area contributed by atoms with Crippen LogP contribution in [0.25, 0.3) is 0 Å². The van der Waals surface area contributed by atoms with Crippen molar-refractivity contribution in [1.82, 2.24) is 0 Å². The topological polar surface area (TPSA) is 82.8 Å². The number of furan rings is 1. The standard InChI is InChI=1S/C14H14O6S/c1-18-14(15)13-10(7-8-19-13)9-20-11-3-5-12(6-4-11)21(2,16)17/h3-8H,9H2,1-2H3. The van der Waals surface area contributed by atoms with Crippen molar-refractivity contribution in [3.05, 3.63) is 47.9 Å². The predicted octanol–water partition coefficient (Wildman–Crippen LogP) is 2.05. The molecule has 1 heterocycles. The zero-order valence-electron chi connectivity index (χ0n) is 11.5. The fraction of sp³-hybridized carbons (Fsp3) is 0.214. The van der Waals surface area contributed by atoms with E-state index in [-0.39, 0.29) is 17.3 Å². The molecule has 2 aromatic rings. The fourth-order valence-electron chi connectivity index (χ4n) is 1.67. The van der Waals surface area contributed by atoms with Crippen LogP contribution in [-0.2, 0) is 21.2 Å². The third-order valence-corrected chi connectivity index (χ3v) is 3.89. The maximum Gasteiger partial charge on any atom is 0.374 e. The Morgan fingerprint density at radius 3 is 2.43 bits per heavy atom. The van der Waals surface area contributed by atoms with Gasteiger partial charge in [-0.3, -0.25) is 0 Å². The Kier molecular flexibility index (Phi) is 4.32. The van der Waals surface area contributed by atoms with Crippen LogP contribution in [0.5, 0.6) is 5.75 Å². The normalized spacial score (nSPS) is 11.1. The highest BCUT2D eigenvalue weighted by atomic mass is 32.2. The first kappa shape index (κ1) is 15.1. The second kappa shape index (κ2) is 6.01. The van der Waals surface area contributed by atoms with E-state index in [0.29, 0.717) is 11.3 Å². The molecule has 2 rings (SSSR count). The van der Waals surface area contributed by atoms with Crippen LogP contribution in [0.15, 0.2) is 45.9 Å². The number of carbonyl (C=O) groups is 1. The average molecular weight is 310 g/mol. The van der Waals surface area contributed by atoms with Gasteiger partial charge < -0.3 is 13.9 Å². The van der Waals surface area contributed by atoms with Crippen molar-refractivity contribution in [3.8, 4) is 5.75 Å². The molecule has 0 atom stereocenters. The Balaban J connectivity index is 2.07. The van der Waals surface area contributed by atoms with Crippen molar-refractivity contribution in [1.29, 1.82) is 0 Å². The number of carbonyl (C=O) groups excluding carboxylic acids is 1. The highest BCUT2D eigenvalue weighted by molar-refractivity contribution is 7.90. The minimum Gasteiger partial charge on any atom is -0.489 e. The lowest BCUT2D eigenvalue weighted by molar-refractivity contribution is 0.0561. The van der Waals surface area contributed by atoms with Gasteiger partial charge in [0.2, 0.25) is 5.76 Å². The average Bonchev–Trinajstić information content (AvgIpc) is 2.92. The Hall–Kier alpha value is -2.28. The Bertz CT molecular complexity index is 727. The molecule has 6 nitrogen and oxygen atoms in total. The van der Waals surface area contributed by atoms with Crippen LogP contribution in [0.2, 0.25) is 0 Å². The SMILES string of the molecule is COC(=O)c1occc1COc1ccc(S(C)(=O)=O)cc1. The molecule has 112 valence electrons. The van der Waals surface area contributed by atoms with Crippen molar-refractivity contribution >= 4 is 15.8 Å². The largest absolute Gasteiger partial charge is 0.489 e. The van der Waals surface area contributed by atoms with Gasteiger partial charge in [-0.05, 0) is 30.3 Å². The summed E-state index contributed by atoms with van der Waals surface area (Å²) in [5.41, 5.74) is 0.550. The zero-order valence-corrected chi connectivity index (χ0v) is 12.3. The van der Waals surface area contributed by atoms with E-state index in [1.807, 2.05) is 0 Å². The molecular formula is C14H14O6S. The molecule has 21 heavy (non-hydrogen) atoms. The fourth-order valence-corrected chi connectivity index (χ4v) is 2.30. The lowest BCUT2D eigenvalue weighted by atomic mass is 10.2. The summed E-state index contributed by atoms with van der Waals surface area (Å²) in [4.78, 5) is 11.6. The van der Waals surface area contributed by atoms with Crippen molar-refractivity contribution in [2.75, 3.05) is 13.4 Å². The number of hydrogen-bond donors (Lipinski definition) is 0. The number of hydrogen-bond acceptors (Lipinski definition) is 6. The molecule has 0 aliphatic heterocycles. The van der Waals surface area contributed by atoms with Gasteiger partial charge in [0.05, 0.1) is 18.3 Å². The van der Waals surface area contributed by atoms with E-state index in [4.69, 9.17) is 9.15 Å². The van der Waals surface area contributed by atoms with Crippen LogP contribution >= 0.6 is 0 Å². The van der Waals surface area contributed by atoms with Crippen molar-refractivity contribution in [2.24, 2.45) is 0 Å². The van der Waals surface area contributed by atoms with Crippen LogP contribution in [-0.4, -0.2) is 27.8 Å². The molecule has 0 spiro atoms. The Morgan fingerprint density at radius 1 is 1.19 bits per heavy atom. The monoisotopic (exact) mass is 310 g/mol. The van der Waals surface area contributed by atoms with E-state index < -0.39 is 15.8 Å². The van der Waals surface area contributed by atoms with Crippen LogP contribution < -0.4 is 4.74 Å². The molecule has 0 radical (unpaired) electrons. The molecule has 0 saturated carbocycles.